The Labute approximate surface area is 164 Å². The second-order valence-corrected chi connectivity index (χ2v) is 7.30. The Morgan fingerprint density at radius 2 is 1.75 bits per heavy atom. The lowest BCUT2D eigenvalue weighted by atomic mass is 9.82. The molecule has 7 heteroatoms. The highest BCUT2D eigenvalue weighted by molar-refractivity contribution is 6.30. The summed E-state index contributed by atoms with van der Waals surface area (Å²) in [6.07, 6.45) is 2.67. The summed E-state index contributed by atoms with van der Waals surface area (Å²) in [5.41, 5.74) is 3.03. The molecular formula is C21H14ClFN4O. The minimum absolute atomic E-state index is 0.00789. The van der Waals surface area contributed by atoms with E-state index in [0.29, 0.717) is 40.7 Å². The fraction of sp³-hybridized carbons (Fsp3) is 0.143. The fourth-order valence-corrected chi connectivity index (χ4v) is 3.70. The molecular weight excluding hydrogens is 379 g/mol. The summed E-state index contributed by atoms with van der Waals surface area (Å²) in [4.78, 5) is 21.8. The van der Waals surface area contributed by atoms with Gasteiger partial charge in [0.05, 0.1) is 11.3 Å². The zero-order chi connectivity index (χ0) is 19.3. The monoisotopic (exact) mass is 392 g/mol. The van der Waals surface area contributed by atoms with Gasteiger partial charge in [-0.3, -0.25) is 4.79 Å². The van der Waals surface area contributed by atoms with Crippen molar-refractivity contribution >= 4 is 23.2 Å². The number of benzene rings is 2. The summed E-state index contributed by atoms with van der Waals surface area (Å²) in [5.74, 6) is 0.664. The number of aromatic nitrogens is 4. The minimum Gasteiger partial charge on any atom is -0.294 e. The van der Waals surface area contributed by atoms with Gasteiger partial charge < -0.3 is 0 Å². The van der Waals surface area contributed by atoms with Crippen LogP contribution in [0.15, 0.2) is 54.7 Å². The molecule has 28 heavy (non-hydrogen) atoms. The highest BCUT2D eigenvalue weighted by atomic mass is 35.5. The van der Waals surface area contributed by atoms with E-state index in [4.69, 9.17) is 11.6 Å². The van der Waals surface area contributed by atoms with Gasteiger partial charge in [-0.15, -0.1) is 5.10 Å². The van der Waals surface area contributed by atoms with E-state index in [1.54, 1.807) is 35.0 Å². The van der Waals surface area contributed by atoms with Gasteiger partial charge in [0.25, 0.3) is 5.78 Å². The topological polar surface area (TPSA) is 60.2 Å². The predicted molar refractivity (Wildman–Crippen MR) is 103 cm³/mol. The van der Waals surface area contributed by atoms with Crippen molar-refractivity contribution in [1.82, 2.24) is 19.6 Å². The highest BCUT2D eigenvalue weighted by Gasteiger charge is 2.28. The number of ketones is 1. The lowest BCUT2D eigenvalue weighted by molar-refractivity contribution is 0.0962. The van der Waals surface area contributed by atoms with Crippen LogP contribution < -0.4 is 0 Å². The third kappa shape index (κ3) is 2.96. The van der Waals surface area contributed by atoms with Gasteiger partial charge in [-0.2, -0.15) is 4.98 Å². The fourth-order valence-electron chi connectivity index (χ4n) is 3.58. The van der Waals surface area contributed by atoms with E-state index >= 15 is 0 Å². The molecule has 0 saturated heterocycles. The SMILES string of the molecule is O=C1CC(c2ccc(F)cc2)Cc2nc3nc(-c4ccc(Cl)cc4)nn3cc21. The van der Waals surface area contributed by atoms with E-state index in [9.17, 15) is 9.18 Å². The first kappa shape index (κ1) is 17.0. The van der Waals surface area contributed by atoms with Crippen LogP contribution in [0.4, 0.5) is 4.39 Å². The molecule has 0 fully saturated rings. The Hall–Kier alpha value is -3.12. The molecule has 4 aromatic rings. The Kier molecular flexibility index (Phi) is 3.94. The van der Waals surface area contributed by atoms with Crippen molar-refractivity contribution in [3.05, 3.63) is 82.4 Å². The number of rotatable bonds is 2. The van der Waals surface area contributed by atoms with Gasteiger partial charge >= 0.3 is 0 Å². The molecule has 2 heterocycles. The molecule has 0 amide bonds. The van der Waals surface area contributed by atoms with Gasteiger partial charge in [-0.05, 0) is 54.3 Å². The summed E-state index contributed by atoms with van der Waals surface area (Å²) >= 11 is 5.94. The Bertz CT molecular complexity index is 1200. The van der Waals surface area contributed by atoms with Gasteiger partial charge in [0.15, 0.2) is 11.6 Å². The van der Waals surface area contributed by atoms with Crippen LogP contribution >= 0.6 is 11.6 Å². The normalized spacial score (nSPS) is 16.4. The Balaban J connectivity index is 1.53. The number of Topliss-reactive ketones (excluding diaryl/α,β-unsaturated/α-hetero) is 1. The number of fused-ring (bicyclic) bond motifs is 2. The van der Waals surface area contributed by atoms with Crippen molar-refractivity contribution in [2.45, 2.75) is 18.8 Å². The van der Waals surface area contributed by atoms with Crippen LogP contribution in [0.25, 0.3) is 17.2 Å². The molecule has 1 atom stereocenters. The second-order valence-electron chi connectivity index (χ2n) is 6.87. The van der Waals surface area contributed by atoms with Crippen molar-refractivity contribution < 1.29 is 9.18 Å². The average Bonchev–Trinajstić information content (AvgIpc) is 3.10. The third-order valence-corrected chi connectivity index (χ3v) is 5.28. The largest absolute Gasteiger partial charge is 0.294 e. The highest BCUT2D eigenvalue weighted by Crippen LogP contribution is 2.32. The first-order valence-corrected chi connectivity index (χ1v) is 9.25. The molecule has 138 valence electrons. The maximum absolute atomic E-state index is 13.2. The van der Waals surface area contributed by atoms with Crippen LogP contribution in [-0.2, 0) is 6.42 Å². The van der Waals surface area contributed by atoms with E-state index in [1.807, 2.05) is 12.1 Å². The molecule has 1 aliphatic carbocycles. The standard InChI is InChI=1S/C21H14ClFN4O/c22-15-5-1-13(2-6-15)20-25-21-24-18-9-14(12-3-7-16(23)8-4-12)10-19(28)17(18)11-27(21)26-20/h1-8,11,14H,9-10H2. The molecule has 0 radical (unpaired) electrons. The van der Waals surface area contributed by atoms with E-state index in [1.165, 1.54) is 12.1 Å². The summed E-state index contributed by atoms with van der Waals surface area (Å²) in [7, 11) is 0. The first-order chi connectivity index (χ1) is 13.6. The molecule has 0 aliphatic heterocycles. The van der Waals surface area contributed by atoms with Gasteiger partial charge in [0, 0.05) is 23.2 Å². The number of carbonyl (C=O) groups excluding carboxylic acids is 1. The zero-order valence-electron chi connectivity index (χ0n) is 14.6. The third-order valence-electron chi connectivity index (χ3n) is 5.03. The van der Waals surface area contributed by atoms with Crippen molar-refractivity contribution in [2.75, 3.05) is 0 Å². The number of hydrogen-bond acceptors (Lipinski definition) is 4. The molecule has 0 spiro atoms. The molecule has 5 nitrogen and oxygen atoms in total. The minimum atomic E-state index is -0.288. The van der Waals surface area contributed by atoms with E-state index in [2.05, 4.69) is 15.1 Å². The summed E-state index contributed by atoms with van der Waals surface area (Å²) in [5, 5.41) is 5.09. The molecule has 1 aliphatic rings. The molecule has 1 unspecified atom stereocenters. The van der Waals surface area contributed by atoms with E-state index in [-0.39, 0.29) is 17.5 Å². The van der Waals surface area contributed by atoms with Gasteiger partial charge in [-0.25, -0.2) is 13.9 Å². The van der Waals surface area contributed by atoms with Crippen LogP contribution in [0.3, 0.4) is 0 Å². The first-order valence-electron chi connectivity index (χ1n) is 8.88. The van der Waals surface area contributed by atoms with Crippen molar-refractivity contribution in [2.24, 2.45) is 0 Å². The number of carbonyl (C=O) groups is 1. The smallest absolute Gasteiger partial charge is 0.252 e. The van der Waals surface area contributed by atoms with Crippen LogP contribution in [0.5, 0.6) is 0 Å². The molecule has 0 saturated carbocycles. The zero-order valence-corrected chi connectivity index (χ0v) is 15.4. The number of hydrogen-bond donors (Lipinski definition) is 0. The number of nitrogens with zero attached hydrogens (tertiary/aromatic N) is 4. The van der Waals surface area contributed by atoms with Crippen LogP contribution in [0, 0.1) is 5.82 Å². The van der Waals surface area contributed by atoms with E-state index < -0.39 is 0 Å². The molecule has 0 N–H and O–H groups in total. The van der Waals surface area contributed by atoms with Crippen LogP contribution in [0.1, 0.15) is 34.0 Å². The lowest BCUT2D eigenvalue weighted by Gasteiger charge is -2.23. The molecule has 5 rings (SSSR count). The summed E-state index contributed by atoms with van der Waals surface area (Å²) in [6.45, 7) is 0. The lowest BCUT2D eigenvalue weighted by Crippen LogP contribution is -2.21. The van der Waals surface area contributed by atoms with Crippen LogP contribution in [-0.4, -0.2) is 25.4 Å². The Morgan fingerprint density at radius 1 is 1.00 bits per heavy atom. The quantitative estimate of drug-likeness (QED) is 0.504. The average molecular weight is 393 g/mol. The Morgan fingerprint density at radius 3 is 2.50 bits per heavy atom. The van der Waals surface area contributed by atoms with E-state index in [0.717, 1.165) is 11.1 Å². The van der Waals surface area contributed by atoms with Gasteiger partial charge in [0.2, 0.25) is 0 Å². The number of halogens is 2. The summed E-state index contributed by atoms with van der Waals surface area (Å²) in [6, 6.07) is 13.5. The maximum Gasteiger partial charge on any atom is 0.252 e. The van der Waals surface area contributed by atoms with Gasteiger partial charge in [-0.1, -0.05) is 23.7 Å². The van der Waals surface area contributed by atoms with Gasteiger partial charge in [0.1, 0.15) is 5.82 Å². The predicted octanol–water partition coefficient (Wildman–Crippen LogP) is 4.50. The van der Waals surface area contributed by atoms with Crippen LogP contribution in [0.2, 0.25) is 5.02 Å². The second kappa shape index (κ2) is 6.49. The van der Waals surface area contributed by atoms with Crippen molar-refractivity contribution in [3.8, 4) is 11.4 Å². The van der Waals surface area contributed by atoms with Crippen molar-refractivity contribution in [1.29, 1.82) is 0 Å². The molecule has 2 aromatic carbocycles. The summed E-state index contributed by atoms with van der Waals surface area (Å²) < 4.78 is 14.7. The molecule has 0 bridgehead atoms. The maximum atomic E-state index is 13.2. The van der Waals surface area contributed by atoms with Crippen molar-refractivity contribution in [3.63, 3.8) is 0 Å². The molecule has 2 aromatic heterocycles.